The van der Waals surface area contributed by atoms with Gasteiger partial charge in [0.15, 0.2) is 0 Å². The standard InChI is InChI=1S/C13H17N/c1-14-13(8-9-13)12-5-3-2-4-11(12)10-6-7-10/h2-5,10,14H,6-9H2,1H3. The second kappa shape index (κ2) is 2.83. The predicted octanol–water partition coefficient (Wildman–Crippen LogP) is 2.77. The van der Waals surface area contributed by atoms with Crippen LogP contribution in [-0.4, -0.2) is 7.05 Å². The Hall–Kier alpha value is -0.820. The molecule has 14 heavy (non-hydrogen) atoms. The van der Waals surface area contributed by atoms with Crippen molar-refractivity contribution in [2.75, 3.05) is 7.05 Å². The zero-order valence-corrected chi connectivity index (χ0v) is 8.72. The number of hydrogen-bond acceptors (Lipinski definition) is 1. The van der Waals surface area contributed by atoms with Crippen LogP contribution in [0, 0.1) is 0 Å². The molecule has 1 heteroatoms. The van der Waals surface area contributed by atoms with Crippen molar-refractivity contribution in [2.24, 2.45) is 0 Å². The van der Waals surface area contributed by atoms with Crippen LogP contribution in [-0.2, 0) is 5.54 Å². The lowest BCUT2D eigenvalue weighted by Gasteiger charge is -2.18. The van der Waals surface area contributed by atoms with Crippen LogP contribution in [0.1, 0.15) is 42.7 Å². The first-order chi connectivity index (χ1) is 6.86. The van der Waals surface area contributed by atoms with Crippen molar-refractivity contribution < 1.29 is 0 Å². The molecule has 74 valence electrons. The molecule has 0 unspecified atom stereocenters. The van der Waals surface area contributed by atoms with E-state index in [4.69, 9.17) is 0 Å². The average Bonchev–Trinajstić information content (AvgIpc) is 3.12. The molecule has 1 nitrogen and oxygen atoms in total. The Kier molecular flexibility index (Phi) is 1.72. The van der Waals surface area contributed by atoms with Crippen molar-refractivity contribution in [1.82, 2.24) is 5.32 Å². The number of hydrogen-bond donors (Lipinski definition) is 1. The highest BCUT2D eigenvalue weighted by Gasteiger charge is 2.45. The SMILES string of the molecule is CNC1(c2ccccc2C2CC2)CC1. The first-order valence-corrected chi connectivity index (χ1v) is 5.64. The monoisotopic (exact) mass is 187 g/mol. The molecule has 1 N–H and O–H groups in total. The smallest absolute Gasteiger partial charge is 0.0436 e. The fourth-order valence-corrected chi connectivity index (χ4v) is 2.46. The second-order valence-electron chi connectivity index (χ2n) is 4.69. The van der Waals surface area contributed by atoms with E-state index in [1.807, 2.05) is 0 Å². The highest BCUT2D eigenvalue weighted by atomic mass is 15.0. The topological polar surface area (TPSA) is 12.0 Å². The summed E-state index contributed by atoms with van der Waals surface area (Å²) >= 11 is 0. The van der Waals surface area contributed by atoms with Gasteiger partial charge in [-0.15, -0.1) is 0 Å². The highest BCUT2D eigenvalue weighted by Crippen LogP contribution is 2.51. The third-order valence-corrected chi connectivity index (χ3v) is 3.72. The van der Waals surface area contributed by atoms with Crippen LogP contribution in [0.2, 0.25) is 0 Å². The van der Waals surface area contributed by atoms with E-state index >= 15 is 0 Å². The van der Waals surface area contributed by atoms with Gasteiger partial charge in [-0.1, -0.05) is 24.3 Å². The summed E-state index contributed by atoms with van der Waals surface area (Å²) in [6.45, 7) is 0. The molecule has 0 radical (unpaired) electrons. The molecule has 0 saturated heterocycles. The molecule has 0 bridgehead atoms. The Bertz CT molecular complexity index is 348. The van der Waals surface area contributed by atoms with Crippen LogP contribution >= 0.6 is 0 Å². The van der Waals surface area contributed by atoms with Crippen molar-refractivity contribution in [3.63, 3.8) is 0 Å². The van der Waals surface area contributed by atoms with Crippen LogP contribution in [0.5, 0.6) is 0 Å². The molecule has 0 heterocycles. The lowest BCUT2D eigenvalue weighted by Crippen LogP contribution is -2.25. The van der Waals surface area contributed by atoms with Crippen molar-refractivity contribution in [3.05, 3.63) is 35.4 Å². The van der Waals surface area contributed by atoms with Crippen LogP contribution < -0.4 is 5.32 Å². The van der Waals surface area contributed by atoms with E-state index in [1.165, 1.54) is 25.7 Å². The van der Waals surface area contributed by atoms with Gasteiger partial charge in [-0.2, -0.15) is 0 Å². The molecule has 0 spiro atoms. The number of rotatable bonds is 3. The Labute approximate surface area is 85.5 Å². The molecule has 2 aliphatic rings. The predicted molar refractivity (Wildman–Crippen MR) is 58.4 cm³/mol. The fraction of sp³-hybridized carbons (Fsp3) is 0.538. The summed E-state index contributed by atoms with van der Waals surface area (Å²) < 4.78 is 0. The Morgan fingerprint density at radius 2 is 1.93 bits per heavy atom. The molecule has 0 atom stereocenters. The van der Waals surface area contributed by atoms with Crippen LogP contribution in [0.3, 0.4) is 0 Å². The molecular weight excluding hydrogens is 170 g/mol. The van der Waals surface area contributed by atoms with Gasteiger partial charge in [0.2, 0.25) is 0 Å². The molecule has 2 saturated carbocycles. The average molecular weight is 187 g/mol. The summed E-state index contributed by atoms with van der Waals surface area (Å²) in [5.41, 5.74) is 3.53. The zero-order valence-electron chi connectivity index (χ0n) is 8.72. The molecule has 1 aromatic carbocycles. The van der Waals surface area contributed by atoms with E-state index in [0.29, 0.717) is 5.54 Å². The summed E-state index contributed by atoms with van der Waals surface area (Å²) in [6.07, 6.45) is 5.42. The highest BCUT2D eigenvalue weighted by molar-refractivity contribution is 5.41. The Morgan fingerprint density at radius 3 is 2.50 bits per heavy atom. The molecule has 2 fully saturated rings. The molecule has 2 aliphatic carbocycles. The van der Waals surface area contributed by atoms with E-state index in [9.17, 15) is 0 Å². The molecule has 3 rings (SSSR count). The van der Waals surface area contributed by atoms with E-state index in [1.54, 1.807) is 11.1 Å². The zero-order chi connectivity index (χ0) is 9.60. The molecular formula is C13H17N. The van der Waals surface area contributed by atoms with Gasteiger partial charge in [-0.05, 0) is 49.8 Å². The van der Waals surface area contributed by atoms with Crippen molar-refractivity contribution >= 4 is 0 Å². The lowest BCUT2D eigenvalue weighted by atomic mass is 9.95. The fourth-order valence-electron chi connectivity index (χ4n) is 2.46. The summed E-state index contributed by atoms with van der Waals surface area (Å²) in [6, 6.07) is 9.00. The van der Waals surface area contributed by atoms with Gasteiger partial charge >= 0.3 is 0 Å². The summed E-state index contributed by atoms with van der Waals surface area (Å²) in [5.74, 6) is 0.872. The maximum Gasteiger partial charge on any atom is 0.0436 e. The number of benzene rings is 1. The van der Waals surface area contributed by atoms with Crippen LogP contribution in [0.4, 0.5) is 0 Å². The summed E-state index contributed by atoms with van der Waals surface area (Å²) in [4.78, 5) is 0. The molecule has 1 aromatic rings. The van der Waals surface area contributed by atoms with Gasteiger partial charge in [0.05, 0.1) is 0 Å². The van der Waals surface area contributed by atoms with Crippen molar-refractivity contribution in [1.29, 1.82) is 0 Å². The largest absolute Gasteiger partial charge is 0.310 e. The van der Waals surface area contributed by atoms with Gasteiger partial charge < -0.3 is 5.32 Å². The molecule has 0 amide bonds. The van der Waals surface area contributed by atoms with Gasteiger partial charge in [-0.3, -0.25) is 0 Å². The van der Waals surface area contributed by atoms with E-state index in [2.05, 4.69) is 36.6 Å². The maximum absolute atomic E-state index is 3.49. The second-order valence-corrected chi connectivity index (χ2v) is 4.69. The van der Waals surface area contributed by atoms with Crippen molar-refractivity contribution in [2.45, 2.75) is 37.1 Å². The van der Waals surface area contributed by atoms with Gasteiger partial charge in [0.25, 0.3) is 0 Å². The normalized spacial score (nSPS) is 23.5. The number of nitrogens with one attached hydrogen (secondary N) is 1. The van der Waals surface area contributed by atoms with E-state index < -0.39 is 0 Å². The van der Waals surface area contributed by atoms with Gasteiger partial charge in [0, 0.05) is 5.54 Å². The van der Waals surface area contributed by atoms with Crippen LogP contribution in [0.25, 0.3) is 0 Å². The van der Waals surface area contributed by atoms with Gasteiger partial charge in [-0.25, -0.2) is 0 Å². The molecule has 0 aromatic heterocycles. The minimum Gasteiger partial charge on any atom is -0.310 e. The maximum atomic E-state index is 3.49. The van der Waals surface area contributed by atoms with E-state index in [-0.39, 0.29) is 0 Å². The van der Waals surface area contributed by atoms with Crippen LogP contribution in [0.15, 0.2) is 24.3 Å². The molecule has 0 aliphatic heterocycles. The third-order valence-electron chi connectivity index (χ3n) is 3.72. The Morgan fingerprint density at radius 1 is 1.21 bits per heavy atom. The quantitative estimate of drug-likeness (QED) is 0.767. The van der Waals surface area contributed by atoms with Crippen molar-refractivity contribution in [3.8, 4) is 0 Å². The first kappa shape index (κ1) is 8.49. The van der Waals surface area contributed by atoms with Gasteiger partial charge in [0.1, 0.15) is 0 Å². The lowest BCUT2D eigenvalue weighted by molar-refractivity contribution is 0.579. The minimum atomic E-state index is 0.346. The first-order valence-electron chi connectivity index (χ1n) is 5.64. The third kappa shape index (κ3) is 1.19. The minimum absolute atomic E-state index is 0.346. The summed E-state index contributed by atoms with van der Waals surface area (Å²) in [5, 5.41) is 3.49. The Balaban J connectivity index is 2.03. The summed E-state index contributed by atoms with van der Waals surface area (Å²) in [7, 11) is 2.09. The van der Waals surface area contributed by atoms with E-state index in [0.717, 1.165) is 5.92 Å².